The molecule has 3 N–H and O–H groups in total. The number of anilines is 1. The van der Waals surface area contributed by atoms with Crippen LogP contribution in [0.25, 0.3) is 0 Å². The van der Waals surface area contributed by atoms with Crippen LogP contribution in [0.4, 0.5) is 10.5 Å². The highest BCUT2D eigenvalue weighted by atomic mass is 16.3. The molecular weight excluding hydrogens is 306 g/mol. The van der Waals surface area contributed by atoms with Gasteiger partial charge in [-0.2, -0.15) is 0 Å². The Labute approximate surface area is 143 Å². The van der Waals surface area contributed by atoms with Gasteiger partial charge in [0.15, 0.2) is 0 Å². The van der Waals surface area contributed by atoms with Gasteiger partial charge in [0.2, 0.25) is 5.91 Å². The first-order valence-electron chi connectivity index (χ1n) is 8.37. The van der Waals surface area contributed by atoms with Crippen LogP contribution in [0.1, 0.15) is 39.2 Å². The molecule has 1 saturated heterocycles. The fourth-order valence-corrected chi connectivity index (χ4v) is 2.61. The molecule has 6 heteroatoms. The number of aliphatic hydroxyl groups excluding tert-OH is 1. The van der Waals surface area contributed by atoms with Crippen LogP contribution in [0, 0.1) is 0 Å². The van der Waals surface area contributed by atoms with Crippen molar-refractivity contribution in [2.75, 3.05) is 18.4 Å². The van der Waals surface area contributed by atoms with Gasteiger partial charge in [-0.15, -0.1) is 0 Å². The van der Waals surface area contributed by atoms with Gasteiger partial charge in [0.1, 0.15) is 0 Å². The predicted molar refractivity (Wildman–Crippen MR) is 93.9 cm³/mol. The summed E-state index contributed by atoms with van der Waals surface area (Å²) < 4.78 is 0. The van der Waals surface area contributed by atoms with Crippen LogP contribution in [0.15, 0.2) is 24.3 Å². The zero-order chi connectivity index (χ0) is 17.7. The summed E-state index contributed by atoms with van der Waals surface area (Å²) in [5.41, 5.74) is 1.31. The van der Waals surface area contributed by atoms with Gasteiger partial charge in [0.25, 0.3) is 0 Å². The van der Waals surface area contributed by atoms with Crippen LogP contribution in [-0.4, -0.2) is 46.7 Å². The van der Waals surface area contributed by atoms with Crippen LogP contribution in [0.3, 0.4) is 0 Å². The number of aliphatic hydroxyl groups is 1. The molecule has 0 atom stereocenters. The Morgan fingerprint density at radius 2 is 1.75 bits per heavy atom. The minimum atomic E-state index is -0.293. The van der Waals surface area contributed by atoms with Gasteiger partial charge in [-0.1, -0.05) is 12.1 Å². The summed E-state index contributed by atoms with van der Waals surface area (Å²) >= 11 is 0. The van der Waals surface area contributed by atoms with E-state index in [2.05, 4.69) is 10.6 Å². The maximum absolute atomic E-state index is 12.3. The summed E-state index contributed by atoms with van der Waals surface area (Å²) in [5.74, 6) is 0.0769. The Hall–Kier alpha value is -2.08. The third-order valence-electron chi connectivity index (χ3n) is 3.87. The molecule has 0 bridgehead atoms. The zero-order valence-corrected chi connectivity index (χ0v) is 14.6. The van der Waals surface area contributed by atoms with Crippen molar-refractivity contribution in [1.82, 2.24) is 10.2 Å². The Morgan fingerprint density at radius 3 is 2.29 bits per heavy atom. The van der Waals surface area contributed by atoms with Crippen molar-refractivity contribution >= 4 is 17.6 Å². The van der Waals surface area contributed by atoms with Crippen LogP contribution in [0.2, 0.25) is 0 Å². The summed E-state index contributed by atoms with van der Waals surface area (Å²) in [5, 5.41) is 15.1. The summed E-state index contributed by atoms with van der Waals surface area (Å²) in [6.07, 6.45) is 1.36. The lowest BCUT2D eigenvalue weighted by molar-refractivity contribution is -0.132. The van der Waals surface area contributed by atoms with Gasteiger partial charge in [0.05, 0.1) is 12.5 Å². The monoisotopic (exact) mass is 333 g/mol. The number of urea groups is 1. The van der Waals surface area contributed by atoms with Gasteiger partial charge in [-0.05, 0) is 51.3 Å². The molecule has 0 saturated carbocycles. The summed E-state index contributed by atoms with van der Waals surface area (Å²) in [6.45, 7) is 6.99. The van der Waals surface area contributed by atoms with Crippen molar-refractivity contribution in [3.05, 3.63) is 29.8 Å². The average molecular weight is 333 g/mol. The number of carbonyl (C=O) groups excluding carboxylic acids is 2. The van der Waals surface area contributed by atoms with Crippen LogP contribution >= 0.6 is 0 Å². The van der Waals surface area contributed by atoms with Gasteiger partial charge >= 0.3 is 6.03 Å². The molecule has 2 rings (SSSR count). The number of benzene rings is 1. The van der Waals surface area contributed by atoms with Gasteiger partial charge < -0.3 is 20.6 Å². The number of hydrogen-bond acceptors (Lipinski definition) is 3. The molecule has 24 heavy (non-hydrogen) atoms. The summed E-state index contributed by atoms with van der Waals surface area (Å²) in [6, 6.07) is 7.04. The smallest absolute Gasteiger partial charge is 0.319 e. The second kappa shape index (κ2) is 7.66. The van der Waals surface area contributed by atoms with Crippen molar-refractivity contribution in [3.63, 3.8) is 0 Å². The molecule has 1 heterocycles. The van der Waals surface area contributed by atoms with E-state index in [0.29, 0.717) is 38.0 Å². The third-order valence-corrected chi connectivity index (χ3v) is 3.87. The number of hydrogen-bond donors (Lipinski definition) is 3. The largest absolute Gasteiger partial charge is 0.393 e. The first kappa shape index (κ1) is 18.3. The molecule has 0 spiro atoms. The SMILES string of the molecule is CC(C)(C)NC(=O)Nc1ccc(CC(=O)N2CCC(O)CC2)cc1. The minimum Gasteiger partial charge on any atom is -0.393 e. The Kier molecular flexibility index (Phi) is 5.83. The van der Waals surface area contributed by atoms with E-state index in [1.807, 2.05) is 32.9 Å². The lowest BCUT2D eigenvalue weighted by Gasteiger charge is -2.29. The van der Waals surface area contributed by atoms with Gasteiger partial charge in [-0.3, -0.25) is 4.79 Å². The molecule has 6 nitrogen and oxygen atoms in total. The molecule has 1 fully saturated rings. The Morgan fingerprint density at radius 1 is 1.17 bits per heavy atom. The Bertz CT molecular complexity index is 570. The normalized spacial score (nSPS) is 15.9. The third kappa shape index (κ3) is 5.85. The van der Waals surface area contributed by atoms with Crippen molar-refractivity contribution < 1.29 is 14.7 Å². The minimum absolute atomic E-state index is 0.0769. The van der Waals surface area contributed by atoms with Crippen molar-refractivity contribution in [3.8, 4) is 0 Å². The second-order valence-electron chi connectivity index (χ2n) is 7.31. The first-order chi connectivity index (χ1) is 11.2. The number of carbonyl (C=O) groups is 2. The van der Waals surface area contributed by atoms with Crippen molar-refractivity contribution in [2.24, 2.45) is 0 Å². The van der Waals surface area contributed by atoms with Crippen LogP contribution in [0.5, 0.6) is 0 Å². The zero-order valence-electron chi connectivity index (χ0n) is 14.6. The maximum atomic E-state index is 12.3. The molecular formula is C18H27N3O3. The predicted octanol–water partition coefficient (Wildman–Crippen LogP) is 2.13. The molecule has 1 aliphatic heterocycles. The highest BCUT2D eigenvalue weighted by molar-refractivity contribution is 5.89. The molecule has 0 aromatic heterocycles. The molecule has 132 valence electrons. The van der Waals surface area contributed by atoms with Crippen molar-refractivity contribution in [1.29, 1.82) is 0 Å². The molecule has 0 aliphatic carbocycles. The summed E-state index contributed by atoms with van der Waals surface area (Å²) in [7, 11) is 0. The molecule has 1 aromatic carbocycles. The number of likely N-dealkylation sites (tertiary alicyclic amines) is 1. The van der Waals surface area contributed by atoms with E-state index < -0.39 is 0 Å². The van der Waals surface area contributed by atoms with Gasteiger partial charge in [-0.25, -0.2) is 4.79 Å². The molecule has 0 radical (unpaired) electrons. The number of nitrogens with one attached hydrogen (secondary N) is 2. The van der Waals surface area contributed by atoms with Crippen LogP contribution in [-0.2, 0) is 11.2 Å². The number of amides is 3. The first-order valence-corrected chi connectivity index (χ1v) is 8.37. The fraction of sp³-hybridized carbons (Fsp3) is 0.556. The molecule has 0 unspecified atom stereocenters. The topological polar surface area (TPSA) is 81.7 Å². The van der Waals surface area contributed by atoms with E-state index in [0.717, 1.165) is 5.56 Å². The van der Waals surface area contributed by atoms with E-state index in [1.165, 1.54) is 0 Å². The van der Waals surface area contributed by atoms with E-state index in [9.17, 15) is 14.7 Å². The van der Waals surface area contributed by atoms with E-state index in [-0.39, 0.29) is 23.6 Å². The van der Waals surface area contributed by atoms with Crippen molar-refractivity contribution in [2.45, 2.75) is 51.7 Å². The molecule has 3 amide bonds. The lowest BCUT2D eigenvalue weighted by Crippen LogP contribution is -2.43. The van der Waals surface area contributed by atoms with Crippen LogP contribution < -0.4 is 10.6 Å². The highest BCUT2D eigenvalue weighted by Gasteiger charge is 2.21. The maximum Gasteiger partial charge on any atom is 0.319 e. The van der Waals surface area contributed by atoms with E-state index >= 15 is 0 Å². The number of rotatable bonds is 3. The quantitative estimate of drug-likeness (QED) is 0.792. The van der Waals surface area contributed by atoms with Gasteiger partial charge in [0, 0.05) is 24.3 Å². The summed E-state index contributed by atoms with van der Waals surface area (Å²) in [4.78, 5) is 25.9. The lowest BCUT2D eigenvalue weighted by atomic mass is 10.1. The standard InChI is InChI=1S/C18H27N3O3/c1-18(2,3)20-17(24)19-14-6-4-13(5-7-14)12-16(23)21-10-8-15(22)9-11-21/h4-7,15,22H,8-12H2,1-3H3,(H2,19,20,24). The average Bonchev–Trinajstić information content (AvgIpc) is 2.48. The molecule has 1 aromatic rings. The van der Waals surface area contributed by atoms with E-state index in [1.54, 1.807) is 17.0 Å². The Balaban J connectivity index is 1.85. The number of piperidine rings is 1. The highest BCUT2D eigenvalue weighted by Crippen LogP contribution is 2.14. The fourth-order valence-electron chi connectivity index (χ4n) is 2.61. The second-order valence-corrected chi connectivity index (χ2v) is 7.31. The molecule has 1 aliphatic rings. The number of nitrogens with zero attached hydrogens (tertiary/aromatic N) is 1. The van der Waals surface area contributed by atoms with E-state index in [4.69, 9.17) is 0 Å².